The van der Waals surface area contributed by atoms with Crippen molar-refractivity contribution in [2.24, 2.45) is 0 Å². The minimum atomic E-state index is -4.22. The number of unbranched alkanes of at least 4 members (excludes halogenated alkanes) is 1. The maximum atomic E-state index is 14.3. The number of thioether (sulfide) groups is 1. The van der Waals surface area contributed by atoms with Gasteiger partial charge in [-0.1, -0.05) is 44.5 Å². The highest BCUT2D eigenvalue weighted by Gasteiger charge is 2.34. The first-order chi connectivity index (χ1) is 21.2. The molecule has 0 heterocycles. The summed E-state index contributed by atoms with van der Waals surface area (Å²) in [5.41, 5.74) is 1.01. The summed E-state index contributed by atoms with van der Waals surface area (Å²) in [6, 6.07) is 19.7. The molecule has 0 aliphatic rings. The average molecular weight is 642 g/mol. The van der Waals surface area contributed by atoms with E-state index < -0.39 is 28.5 Å². The number of hydrogen-bond acceptors (Lipinski definition) is 7. The number of sulfonamides is 1. The summed E-state index contributed by atoms with van der Waals surface area (Å²) < 4.78 is 40.6. The number of hydrogen-bond donors (Lipinski definition) is 1. The number of nitrogens with zero attached hydrogens (tertiary/aromatic N) is 2. The van der Waals surface area contributed by atoms with Gasteiger partial charge in [0, 0.05) is 18.0 Å². The molecule has 3 rings (SSSR count). The Labute approximate surface area is 266 Å². The van der Waals surface area contributed by atoms with Gasteiger partial charge in [0.25, 0.3) is 10.0 Å². The minimum Gasteiger partial charge on any atom is -0.497 e. The number of carbonyl (C=O) groups is 2. The van der Waals surface area contributed by atoms with Crippen LogP contribution in [-0.2, 0) is 26.2 Å². The Morgan fingerprint density at radius 2 is 1.64 bits per heavy atom. The van der Waals surface area contributed by atoms with Crippen molar-refractivity contribution < 1.29 is 27.5 Å². The molecule has 2 amide bonds. The summed E-state index contributed by atoms with van der Waals surface area (Å²) in [5.74, 6) is 0.194. The fourth-order valence-corrected chi connectivity index (χ4v) is 6.52. The highest BCUT2D eigenvalue weighted by atomic mass is 32.2. The largest absolute Gasteiger partial charge is 0.497 e. The lowest BCUT2D eigenvalue weighted by atomic mass is 10.1. The Balaban J connectivity index is 2.08. The molecule has 3 aromatic rings. The Hall–Kier alpha value is -3.70. The zero-order valence-corrected chi connectivity index (χ0v) is 27.7. The van der Waals surface area contributed by atoms with Crippen LogP contribution in [0.25, 0.3) is 0 Å². The number of methoxy groups -OCH3 is 1. The molecule has 0 saturated heterocycles. The number of amides is 2. The monoisotopic (exact) mass is 641 g/mol. The van der Waals surface area contributed by atoms with E-state index in [0.717, 1.165) is 27.6 Å². The molecule has 9 nitrogen and oxygen atoms in total. The van der Waals surface area contributed by atoms with Gasteiger partial charge >= 0.3 is 0 Å². The zero-order valence-electron chi connectivity index (χ0n) is 26.1. The average Bonchev–Trinajstić information content (AvgIpc) is 3.04. The van der Waals surface area contributed by atoms with Crippen molar-refractivity contribution >= 4 is 39.3 Å². The molecule has 1 N–H and O–H groups in total. The van der Waals surface area contributed by atoms with E-state index >= 15 is 0 Å². The third-order valence-corrected chi connectivity index (χ3v) is 9.61. The van der Waals surface area contributed by atoms with Gasteiger partial charge in [-0.05, 0) is 80.1 Å². The van der Waals surface area contributed by atoms with Gasteiger partial charge in [-0.15, -0.1) is 11.8 Å². The van der Waals surface area contributed by atoms with Crippen LogP contribution in [0.3, 0.4) is 0 Å². The lowest BCUT2D eigenvalue weighted by Gasteiger charge is -2.33. The molecule has 44 heavy (non-hydrogen) atoms. The highest BCUT2D eigenvalue weighted by molar-refractivity contribution is 7.98. The summed E-state index contributed by atoms with van der Waals surface area (Å²) in [6.45, 7) is 6.04. The van der Waals surface area contributed by atoms with E-state index in [-0.39, 0.29) is 23.0 Å². The van der Waals surface area contributed by atoms with E-state index in [0.29, 0.717) is 31.1 Å². The molecule has 238 valence electrons. The maximum Gasteiger partial charge on any atom is 0.264 e. The van der Waals surface area contributed by atoms with Crippen molar-refractivity contribution in [2.75, 3.05) is 37.4 Å². The molecular formula is C33H43N3O6S2. The first-order valence-electron chi connectivity index (χ1n) is 14.8. The van der Waals surface area contributed by atoms with Crippen LogP contribution in [0.15, 0.2) is 82.6 Å². The standard InChI is InChI=1S/C33H43N3O6S2/c1-6-9-22-34-33(38)29(7-2)35(23-25-14-16-26(41-4)17-15-25)32(37)24-36(30-12-10-11-13-31(30)42-8-3)44(39,40)28-20-18-27(43-5)19-21-28/h10-21,29H,6-9,22-24H2,1-5H3,(H,34,38). The van der Waals surface area contributed by atoms with E-state index in [2.05, 4.69) is 5.32 Å². The van der Waals surface area contributed by atoms with Crippen molar-refractivity contribution in [3.8, 4) is 11.5 Å². The minimum absolute atomic E-state index is 0.0421. The topological polar surface area (TPSA) is 105 Å². The van der Waals surface area contributed by atoms with Crippen molar-refractivity contribution in [2.45, 2.75) is 62.4 Å². The first-order valence-corrected chi connectivity index (χ1v) is 17.4. The molecule has 0 bridgehead atoms. The van der Waals surface area contributed by atoms with Gasteiger partial charge in [0.15, 0.2) is 0 Å². The second-order valence-electron chi connectivity index (χ2n) is 10.0. The zero-order chi connectivity index (χ0) is 32.1. The van der Waals surface area contributed by atoms with Crippen LogP contribution in [0, 0.1) is 0 Å². The molecule has 1 unspecified atom stereocenters. The number of para-hydroxylation sites is 2. The molecule has 0 aliphatic carbocycles. The van der Waals surface area contributed by atoms with E-state index in [1.165, 1.54) is 28.8 Å². The first kappa shape index (κ1) is 34.8. The fraction of sp³-hybridized carbons (Fsp3) is 0.394. The van der Waals surface area contributed by atoms with E-state index in [9.17, 15) is 18.0 Å². The van der Waals surface area contributed by atoms with Crippen molar-refractivity contribution in [1.29, 1.82) is 0 Å². The molecule has 0 aromatic heterocycles. The van der Waals surface area contributed by atoms with Crippen LogP contribution < -0.4 is 19.1 Å². The van der Waals surface area contributed by atoms with Crippen LogP contribution in [0.5, 0.6) is 11.5 Å². The molecule has 0 radical (unpaired) electrons. The van der Waals surface area contributed by atoms with Crippen molar-refractivity contribution in [3.63, 3.8) is 0 Å². The smallest absolute Gasteiger partial charge is 0.264 e. The van der Waals surface area contributed by atoms with Gasteiger partial charge in [-0.3, -0.25) is 13.9 Å². The summed E-state index contributed by atoms with van der Waals surface area (Å²) in [7, 11) is -2.65. The van der Waals surface area contributed by atoms with Crippen LogP contribution in [0.2, 0.25) is 0 Å². The van der Waals surface area contributed by atoms with Gasteiger partial charge in [0.05, 0.1) is 24.3 Å². The maximum absolute atomic E-state index is 14.3. The number of anilines is 1. The molecule has 0 fully saturated rings. The predicted molar refractivity (Wildman–Crippen MR) is 176 cm³/mol. The van der Waals surface area contributed by atoms with E-state index in [1.54, 1.807) is 55.6 Å². The number of benzene rings is 3. The van der Waals surface area contributed by atoms with E-state index in [4.69, 9.17) is 9.47 Å². The van der Waals surface area contributed by atoms with Crippen LogP contribution in [-0.4, -0.2) is 64.2 Å². The number of nitrogens with one attached hydrogen (secondary N) is 1. The van der Waals surface area contributed by atoms with E-state index in [1.807, 2.05) is 39.2 Å². The van der Waals surface area contributed by atoms with Crippen LogP contribution in [0.1, 0.15) is 45.6 Å². The Morgan fingerprint density at radius 3 is 2.23 bits per heavy atom. The lowest BCUT2D eigenvalue weighted by Crippen LogP contribution is -2.52. The second kappa shape index (κ2) is 17.0. The fourth-order valence-electron chi connectivity index (χ4n) is 4.68. The molecule has 0 saturated carbocycles. The Morgan fingerprint density at radius 1 is 0.955 bits per heavy atom. The molecule has 1 atom stereocenters. The lowest BCUT2D eigenvalue weighted by molar-refractivity contribution is -0.140. The molecule has 0 spiro atoms. The van der Waals surface area contributed by atoms with Gasteiger partial charge in [0.1, 0.15) is 24.1 Å². The third kappa shape index (κ3) is 8.92. The summed E-state index contributed by atoms with van der Waals surface area (Å²) in [6.07, 6.45) is 3.98. The van der Waals surface area contributed by atoms with Gasteiger partial charge < -0.3 is 19.7 Å². The molecule has 11 heteroatoms. The van der Waals surface area contributed by atoms with Crippen molar-refractivity contribution in [1.82, 2.24) is 10.2 Å². The number of carbonyl (C=O) groups excluding carboxylic acids is 2. The van der Waals surface area contributed by atoms with Gasteiger partial charge in [-0.2, -0.15) is 0 Å². The van der Waals surface area contributed by atoms with Gasteiger partial charge in [-0.25, -0.2) is 8.42 Å². The molecule has 0 aliphatic heterocycles. The Kier molecular flexibility index (Phi) is 13.4. The van der Waals surface area contributed by atoms with Gasteiger partial charge in [0.2, 0.25) is 11.8 Å². The normalized spacial score (nSPS) is 11.8. The number of ether oxygens (including phenoxy) is 2. The second-order valence-corrected chi connectivity index (χ2v) is 12.8. The summed E-state index contributed by atoms with van der Waals surface area (Å²) in [5, 5.41) is 2.95. The Bertz CT molecular complexity index is 1460. The van der Waals surface area contributed by atoms with Crippen LogP contribution in [0.4, 0.5) is 5.69 Å². The quantitative estimate of drug-likeness (QED) is 0.148. The highest BCUT2D eigenvalue weighted by Crippen LogP contribution is 2.33. The van der Waals surface area contributed by atoms with Crippen LogP contribution >= 0.6 is 11.8 Å². The summed E-state index contributed by atoms with van der Waals surface area (Å²) in [4.78, 5) is 30.1. The predicted octanol–water partition coefficient (Wildman–Crippen LogP) is 5.73. The molecule has 3 aromatic carbocycles. The molecular weight excluding hydrogens is 599 g/mol. The SMILES string of the molecule is CCCCNC(=O)C(CC)N(Cc1ccc(OC)cc1)C(=O)CN(c1ccccc1OCC)S(=O)(=O)c1ccc(SC)cc1. The van der Waals surface area contributed by atoms with Crippen molar-refractivity contribution in [3.05, 3.63) is 78.4 Å². The number of rotatable bonds is 17. The summed E-state index contributed by atoms with van der Waals surface area (Å²) >= 11 is 1.50. The third-order valence-electron chi connectivity index (χ3n) is 7.09.